The summed E-state index contributed by atoms with van der Waals surface area (Å²) in [5, 5.41) is 1.16. The Labute approximate surface area is 114 Å². The molecule has 0 aromatic rings. The van der Waals surface area contributed by atoms with Crippen LogP contribution in [0.3, 0.4) is 0 Å². The first-order chi connectivity index (χ1) is 8.08. The first kappa shape index (κ1) is 13.8. The van der Waals surface area contributed by atoms with Gasteiger partial charge in [0.25, 0.3) is 0 Å². The lowest BCUT2D eigenvalue weighted by Gasteiger charge is -2.48. The Morgan fingerprint density at radius 3 is 2.47 bits per heavy atom. The predicted molar refractivity (Wildman–Crippen MR) is 75.8 cm³/mol. The molecule has 2 nitrogen and oxygen atoms in total. The van der Waals surface area contributed by atoms with Gasteiger partial charge in [-0.2, -0.15) is 0 Å². The van der Waals surface area contributed by atoms with Crippen LogP contribution >= 0.6 is 15.9 Å². The van der Waals surface area contributed by atoms with Crippen LogP contribution in [0.1, 0.15) is 46.0 Å². The molecule has 2 rings (SSSR count). The van der Waals surface area contributed by atoms with Crippen LogP contribution in [-0.4, -0.2) is 42.1 Å². The standard InChI is InChI=1S/C14H26BrNO/c1-13(2)12-17-9-8-16(13)11-14(10-15)6-4-3-5-7-14/h3-12H2,1-2H3. The second-order valence-electron chi connectivity index (χ2n) is 6.48. The lowest BCUT2D eigenvalue weighted by molar-refractivity contribution is -0.0695. The average molecular weight is 304 g/mol. The van der Waals surface area contributed by atoms with Gasteiger partial charge in [-0.05, 0) is 32.1 Å². The Morgan fingerprint density at radius 2 is 1.88 bits per heavy atom. The maximum Gasteiger partial charge on any atom is 0.0645 e. The minimum atomic E-state index is 0.213. The molecule has 0 radical (unpaired) electrons. The number of morpholine rings is 1. The van der Waals surface area contributed by atoms with Crippen molar-refractivity contribution in [3.8, 4) is 0 Å². The second kappa shape index (κ2) is 5.58. The van der Waals surface area contributed by atoms with Crippen molar-refractivity contribution in [2.45, 2.75) is 51.5 Å². The molecular weight excluding hydrogens is 278 g/mol. The minimum absolute atomic E-state index is 0.213. The molecule has 2 aliphatic rings. The summed E-state index contributed by atoms with van der Waals surface area (Å²) in [6.45, 7) is 8.76. The topological polar surface area (TPSA) is 12.5 Å². The normalized spacial score (nSPS) is 29.1. The summed E-state index contributed by atoms with van der Waals surface area (Å²) in [6, 6.07) is 0. The average Bonchev–Trinajstić information content (AvgIpc) is 2.33. The number of nitrogens with zero attached hydrogens (tertiary/aromatic N) is 1. The molecule has 0 N–H and O–H groups in total. The van der Waals surface area contributed by atoms with Gasteiger partial charge in [0, 0.05) is 24.0 Å². The van der Waals surface area contributed by atoms with Crippen molar-refractivity contribution >= 4 is 15.9 Å². The summed E-state index contributed by atoms with van der Waals surface area (Å²) in [5.74, 6) is 0. The van der Waals surface area contributed by atoms with E-state index in [4.69, 9.17) is 4.74 Å². The van der Waals surface area contributed by atoms with Gasteiger partial charge in [-0.1, -0.05) is 35.2 Å². The zero-order valence-electron chi connectivity index (χ0n) is 11.3. The number of alkyl halides is 1. The fraction of sp³-hybridized carbons (Fsp3) is 1.00. The molecule has 17 heavy (non-hydrogen) atoms. The van der Waals surface area contributed by atoms with Crippen molar-refractivity contribution < 1.29 is 4.74 Å². The maximum atomic E-state index is 5.62. The second-order valence-corrected chi connectivity index (χ2v) is 7.04. The van der Waals surface area contributed by atoms with Crippen LogP contribution in [0.15, 0.2) is 0 Å². The monoisotopic (exact) mass is 303 g/mol. The van der Waals surface area contributed by atoms with Gasteiger partial charge in [-0.25, -0.2) is 0 Å². The SMILES string of the molecule is CC1(C)COCCN1CC1(CBr)CCCCC1. The molecule has 0 bridgehead atoms. The van der Waals surface area contributed by atoms with E-state index in [9.17, 15) is 0 Å². The van der Waals surface area contributed by atoms with Crippen molar-refractivity contribution in [3.63, 3.8) is 0 Å². The van der Waals surface area contributed by atoms with Gasteiger partial charge in [0.1, 0.15) is 0 Å². The third-order valence-electron chi connectivity index (χ3n) is 4.54. The van der Waals surface area contributed by atoms with Crippen molar-refractivity contribution in [3.05, 3.63) is 0 Å². The van der Waals surface area contributed by atoms with E-state index in [0.717, 1.165) is 25.1 Å². The Hall–Kier alpha value is 0.400. The van der Waals surface area contributed by atoms with E-state index in [0.29, 0.717) is 5.41 Å². The summed E-state index contributed by atoms with van der Waals surface area (Å²) in [6.07, 6.45) is 7.05. The Balaban J connectivity index is 2.01. The highest BCUT2D eigenvalue weighted by molar-refractivity contribution is 9.09. The molecule has 1 aliphatic carbocycles. The van der Waals surface area contributed by atoms with Crippen LogP contribution in [0, 0.1) is 5.41 Å². The van der Waals surface area contributed by atoms with Crippen molar-refractivity contribution in [2.24, 2.45) is 5.41 Å². The van der Waals surface area contributed by atoms with E-state index < -0.39 is 0 Å². The summed E-state index contributed by atoms with van der Waals surface area (Å²) in [7, 11) is 0. The highest BCUT2D eigenvalue weighted by atomic mass is 79.9. The number of hydrogen-bond acceptors (Lipinski definition) is 2. The van der Waals surface area contributed by atoms with Crippen molar-refractivity contribution in [1.82, 2.24) is 4.90 Å². The summed E-state index contributed by atoms with van der Waals surface area (Å²) < 4.78 is 5.62. The van der Waals surface area contributed by atoms with E-state index in [1.54, 1.807) is 0 Å². The fourth-order valence-electron chi connectivity index (χ4n) is 3.22. The molecule has 3 heteroatoms. The summed E-state index contributed by atoms with van der Waals surface area (Å²) >= 11 is 3.77. The van der Waals surface area contributed by atoms with Gasteiger partial charge in [-0.3, -0.25) is 4.90 Å². The third kappa shape index (κ3) is 3.24. The lowest BCUT2D eigenvalue weighted by Crippen LogP contribution is -2.56. The molecule has 2 fully saturated rings. The quantitative estimate of drug-likeness (QED) is 0.741. The van der Waals surface area contributed by atoms with Gasteiger partial charge in [0.2, 0.25) is 0 Å². The van der Waals surface area contributed by atoms with Gasteiger partial charge in [-0.15, -0.1) is 0 Å². The van der Waals surface area contributed by atoms with E-state index in [1.165, 1.54) is 38.6 Å². The molecule has 0 atom stereocenters. The maximum absolute atomic E-state index is 5.62. The van der Waals surface area contributed by atoms with Crippen LogP contribution in [-0.2, 0) is 4.74 Å². The Bertz CT molecular complexity index is 249. The Morgan fingerprint density at radius 1 is 1.18 bits per heavy atom. The smallest absolute Gasteiger partial charge is 0.0645 e. The molecule has 100 valence electrons. The minimum Gasteiger partial charge on any atom is -0.378 e. The van der Waals surface area contributed by atoms with Gasteiger partial charge >= 0.3 is 0 Å². The van der Waals surface area contributed by atoms with Crippen LogP contribution in [0.25, 0.3) is 0 Å². The molecule has 1 saturated carbocycles. The number of ether oxygens (including phenoxy) is 1. The molecule has 1 saturated heterocycles. The van der Waals surface area contributed by atoms with Crippen molar-refractivity contribution in [2.75, 3.05) is 31.6 Å². The number of halogens is 1. The van der Waals surface area contributed by atoms with E-state index in [1.807, 2.05) is 0 Å². The first-order valence-corrected chi connectivity index (χ1v) is 8.09. The Kier molecular flexibility index (Phi) is 4.54. The highest BCUT2D eigenvalue weighted by Gasteiger charge is 2.38. The van der Waals surface area contributed by atoms with Crippen LogP contribution < -0.4 is 0 Å². The molecule has 0 aromatic heterocycles. The van der Waals surface area contributed by atoms with Crippen molar-refractivity contribution in [1.29, 1.82) is 0 Å². The van der Waals surface area contributed by atoms with E-state index in [-0.39, 0.29) is 5.54 Å². The zero-order valence-corrected chi connectivity index (χ0v) is 12.9. The highest BCUT2D eigenvalue weighted by Crippen LogP contribution is 2.40. The van der Waals surface area contributed by atoms with E-state index in [2.05, 4.69) is 34.7 Å². The lowest BCUT2D eigenvalue weighted by atomic mass is 9.74. The van der Waals surface area contributed by atoms with Crippen LogP contribution in [0.4, 0.5) is 0 Å². The summed E-state index contributed by atoms with van der Waals surface area (Å²) in [4.78, 5) is 2.66. The third-order valence-corrected chi connectivity index (χ3v) is 5.73. The fourth-order valence-corrected chi connectivity index (χ4v) is 3.96. The molecule has 0 aromatic carbocycles. The van der Waals surface area contributed by atoms with Gasteiger partial charge in [0.15, 0.2) is 0 Å². The zero-order chi connectivity index (χ0) is 12.4. The van der Waals surface area contributed by atoms with E-state index >= 15 is 0 Å². The molecule has 0 spiro atoms. The molecule has 0 amide bonds. The van der Waals surface area contributed by atoms with Gasteiger partial charge in [0.05, 0.1) is 13.2 Å². The molecule has 1 aliphatic heterocycles. The number of rotatable bonds is 3. The molecule has 1 heterocycles. The van der Waals surface area contributed by atoms with Crippen LogP contribution in [0.2, 0.25) is 0 Å². The molecule has 0 unspecified atom stereocenters. The largest absolute Gasteiger partial charge is 0.378 e. The van der Waals surface area contributed by atoms with Crippen LogP contribution in [0.5, 0.6) is 0 Å². The predicted octanol–water partition coefficient (Wildman–Crippen LogP) is 3.44. The van der Waals surface area contributed by atoms with Gasteiger partial charge < -0.3 is 4.74 Å². The summed E-state index contributed by atoms with van der Waals surface area (Å²) in [5.41, 5.74) is 0.734. The number of hydrogen-bond donors (Lipinski definition) is 0. The first-order valence-electron chi connectivity index (χ1n) is 6.97. The molecular formula is C14H26BrNO.